The standard InChI is InChI=1S/C8H6ClFO2/c9-7-2-1-6(4-11)8(3-7)12-5-10/h1-4H,5H2. The van der Waals surface area contributed by atoms with Gasteiger partial charge >= 0.3 is 0 Å². The number of hydrogen-bond acceptors (Lipinski definition) is 2. The van der Waals surface area contributed by atoms with Crippen LogP contribution in [-0.4, -0.2) is 13.1 Å². The van der Waals surface area contributed by atoms with Crippen molar-refractivity contribution in [1.82, 2.24) is 0 Å². The van der Waals surface area contributed by atoms with E-state index in [0.717, 1.165) is 0 Å². The van der Waals surface area contributed by atoms with Gasteiger partial charge in [-0.2, -0.15) is 0 Å². The summed E-state index contributed by atoms with van der Waals surface area (Å²) in [6.45, 7) is -0.971. The van der Waals surface area contributed by atoms with Crippen molar-refractivity contribution in [3.63, 3.8) is 0 Å². The Morgan fingerprint density at radius 2 is 2.33 bits per heavy atom. The quantitative estimate of drug-likeness (QED) is 0.682. The number of aldehydes is 1. The highest BCUT2D eigenvalue weighted by atomic mass is 35.5. The molecule has 0 N–H and O–H groups in total. The third kappa shape index (κ3) is 1.95. The minimum Gasteiger partial charge on any atom is -0.462 e. The molecule has 64 valence electrons. The third-order valence-corrected chi connectivity index (χ3v) is 1.55. The molecule has 0 spiro atoms. The summed E-state index contributed by atoms with van der Waals surface area (Å²) in [6, 6.07) is 4.40. The molecule has 0 saturated carbocycles. The molecule has 0 bridgehead atoms. The van der Waals surface area contributed by atoms with Gasteiger partial charge in [0.15, 0.2) is 6.29 Å². The molecule has 2 nitrogen and oxygen atoms in total. The molecule has 1 aromatic rings. The van der Waals surface area contributed by atoms with Gasteiger partial charge in [-0.25, -0.2) is 4.39 Å². The number of hydrogen-bond donors (Lipinski definition) is 0. The Hall–Kier alpha value is -1.09. The van der Waals surface area contributed by atoms with E-state index in [1.807, 2.05) is 0 Å². The van der Waals surface area contributed by atoms with Crippen LogP contribution in [0, 0.1) is 0 Å². The number of halogens is 2. The lowest BCUT2D eigenvalue weighted by Gasteiger charge is -2.03. The van der Waals surface area contributed by atoms with E-state index in [0.29, 0.717) is 11.3 Å². The second-order valence-corrected chi connectivity index (χ2v) is 2.49. The van der Waals surface area contributed by atoms with Gasteiger partial charge in [-0.15, -0.1) is 0 Å². The van der Waals surface area contributed by atoms with Gasteiger partial charge in [0, 0.05) is 5.02 Å². The smallest absolute Gasteiger partial charge is 0.228 e. The van der Waals surface area contributed by atoms with Crippen LogP contribution in [0.2, 0.25) is 5.02 Å². The molecule has 0 aliphatic heterocycles. The zero-order chi connectivity index (χ0) is 8.97. The maximum Gasteiger partial charge on any atom is 0.228 e. The zero-order valence-corrected chi connectivity index (χ0v) is 6.84. The van der Waals surface area contributed by atoms with Gasteiger partial charge in [-0.3, -0.25) is 4.79 Å². The lowest BCUT2D eigenvalue weighted by atomic mass is 10.2. The number of ether oxygens (including phenoxy) is 1. The average Bonchev–Trinajstić information content (AvgIpc) is 2.05. The molecule has 0 heterocycles. The maximum absolute atomic E-state index is 11.7. The fraction of sp³-hybridized carbons (Fsp3) is 0.125. The van der Waals surface area contributed by atoms with Crippen LogP contribution in [0.15, 0.2) is 18.2 Å². The molecule has 1 rings (SSSR count). The molecule has 0 aliphatic carbocycles. The Morgan fingerprint density at radius 3 is 2.92 bits per heavy atom. The number of carbonyl (C=O) groups is 1. The highest BCUT2D eigenvalue weighted by Crippen LogP contribution is 2.21. The summed E-state index contributed by atoms with van der Waals surface area (Å²) >= 11 is 5.59. The average molecular weight is 189 g/mol. The Bertz CT molecular complexity index is 288. The van der Waals surface area contributed by atoms with Crippen LogP contribution < -0.4 is 4.74 Å². The van der Waals surface area contributed by atoms with Crippen LogP contribution in [0.4, 0.5) is 4.39 Å². The number of rotatable bonds is 3. The molecule has 0 radical (unpaired) electrons. The predicted molar refractivity (Wildman–Crippen MR) is 43.4 cm³/mol. The highest BCUT2D eigenvalue weighted by molar-refractivity contribution is 6.30. The van der Waals surface area contributed by atoms with E-state index in [9.17, 15) is 9.18 Å². The van der Waals surface area contributed by atoms with Gasteiger partial charge < -0.3 is 4.74 Å². The lowest BCUT2D eigenvalue weighted by Crippen LogP contribution is -1.94. The normalized spacial score (nSPS) is 9.50. The van der Waals surface area contributed by atoms with E-state index in [4.69, 9.17) is 11.6 Å². The number of benzene rings is 1. The van der Waals surface area contributed by atoms with Crippen molar-refractivity contribution in [3.8, 4) is 5.75 Å². The third-order valence-electron chi connectivity index (χ3n) is 1.31. The summed E-state index contributed by atoms with van der Waals surface area (Å²) < 4.78 is 16.3. The van der Waals surface area contributed by atoms with E-state index < -0.39 is 6.86 Å². The van der Waals surface area contributed by atoms with Crippen molar-refractivity contribution < 1.29 is 13.9 Å². The van der Waals surface area contributed by atoms with Crippen molar-refractivity contribution in [2.45, 2.75) is 0 Å². The van der Waals surface area contributed by atoms with Gasteiger partial charge in [-0.05, 0) is 18.2 Å². The van der Waals surface area contributed by atoms with Gasteiger partial charge in [0.05, 0.1) is 5.56 Å². The Balaban J connectivity index is 3.03. The number of alkyl halides is 1. The van der Waals surface area contributed by atoms with E-state index in [2.05, 4.69) is 4.74 Å². The monoisotopic (exact) mass is 188 g/mol. The molecule has 0 amide bonds. The molecule has 12 heavy (non-hydrogen) atoms. The maximum atomic E-state index is 11.7. The van der Waals surface area contributed by atoms with Crippen molar-refractivity contribution in [2.24, 2.45) is 0 Å². The molecule has 0 aliphatic rings. The van der Waals surface area contributed by atoms with Crippen molar-refractivity contribution in [2.75, 3.05) is 6.86 Å². The largest absolute Gasteiger partial charge is 0.462 e. The zero-order valence-electron chi connectivity index (χ0n) is 6.09. The SMILES string of the molecule is O=Cc1ccc(Cl)cc1OCF. The summed E-state index contributed by atoms with van der Waals surface area (Å²) in [4.78, 5) is 10.4. The van der Waals surface area contributed by atoms with Crippen molar-refractivity contribution in [3.05, 3.63) is 28.8 Å². The van der Waals surface area contributed by atoms with Gasteiger partial charge in [0.2, 0.25) is 6.86 Å². The summed E-state index contributed by atoms with van der Waals surface area (Å²) in [5, 5.41) is 0.407. The highest BCUT2D eigenvalue weighted by Gasteiger charge is 2.02. The van der Waals surface area contributed by atoms with Gasteiger partial charge in [0.1, 0.15) is 5.75 Å². The molecule has 4 heteroatoms. The summed E-state index contributed by atoms with van der Waals surface area (Å²) in [6.07, 6.45) is 0.585. The van der Waals surface area contributed by atoms with Crippen molar-refractivity contribution >= 4 is 17.9 Å². The number of carbonyl (C=O) groups excluding carboxylic acids is 1. The van der Waals surface area contributed by atoms with E-state index in [1.165, 1.54) is 18.2 Å². The van der Waals surface area contributed by atoms with Gasteiger partial charge in [0.25, 0.3) is 0 Å². The first kappa shape index (κ1) is 9.00. The lowest BCUT2D eigenvalue weighted by molar-refractivity contribution is 0.111. The summed E-state index contributed by atoms with van der Waals surface area (Å²) in [7, 11) is 0. The molecular weight excluding hydrogens is 183 g/mol. The van der Waals surface area contributed by atoms with E-state index in [1.54, 1.807) is 0 Å². The fourth-order valence-corrected chi connectivity index (χ4v) is 0.951. The molecule has 0 atom stereocenters. The van der Waals surface area contributed by atoms with E-state index in [-0.39, 0.29) is 11.3 Å². The second-order valence-electron chi connectivity index (χ2n) is 2.05. The molecule has 0 saturated heterocycles. The van der Waals surface area contributed by atoms with Crippen LogP contribution in [0.5, 0.6) is 5.75 Å². The molecule has 0 unspecified atom stereocenters. The first-order valence-corrected chi connectivity index (χ1v) is 3.59. The topological polar surface area (TPSA) is 26.3 Å². The first-order valence-electron chi connectivity index (χ1n) is 3.21. The Morgan fingerprint density at radius 1 is 1.58 bits per heavy atom. The molecule has 0 aromatic heterocycles. The fourth-order valence-electron chi connectivity index (χ4n) is 0.789. The summed E-state index contributed by atoms with van der Waals surface area (Å²) in [5.74, 6) is 0.167. The van der Waals surface area contributed by atoms with Crippen LogP contribution in [0.3, 0.4) is 0 Å². The van der Waals surface area contributed by atoms with Crippen LogP contribution in [0.25, 0.3) is 0 Å². The Kier molecular flexibility index (Phi) is 3.05. The Labute approximate surface area is 73.9 Å². The van der Waals surface area contributed by atoms with Gasteiger partial charge in [-0.1, -0.05) is 11.6 Å². The van der Waals surface area contributed by atoms with Crippen LogP contribution >= 0.6 is 11.6 Å². The van der Waals surface area contributed by atoms with Crippen molar-refractivity contribution in [1.29, 1.82) is 0 Å². The van der Waals surface area contributed by atoms with Crippen LogP contribution in [0.1, 0.15) is 10.4 Å². The van der Waals surface area contributed by atoms with Crippen LogP contribution in [-0.2, 0) is 0 Å². The molecule has 0 fully saturated rings. The molecular formula is C8H6ClFO2. The minimum atomic E-state index is -0.971. The predicted octanol–water partition coefficient (Wildman–Crippen LogP) is 2.46. The van der Waals surface area contributed by atoms with E-state index >= 15 is 0 Å². The first-order chi connectivity index (χ1) is 5.77. The second kappa shape index (κ2) is 4.07. The molecule has 1 aromatic carbocycles. The summed E-state index contributed by atoms with van der Waals surface area (Å²) in [5.41, 5.74) is 0.289. The minimum absolute atomic E-state index is 0.167.